The van der Waals surface area contributed by atoms with Crippen LogP contribution in [-0.2, 0) is 4.79 Å². The molecule has 5 nitrogen and oxygen atoms in total. The molecule has 0 heterocycles. The molecule has 0 fully saturated rings. The van der Waals surface area contributed by atoms with Gasteiger partial charge < -0.3 is 15.3 Å². The van der Waals surface area contributed by atoms with Gasteiger partial charge in [0.25, 0.3) is 0 Å². The number of carbonyl (C=O) groups is 2. The minimum absolute atomic E-state index is 0.214. The highest BCUT2D eigenvalue weighted by molar-refractivity contribution is 9.10. The number of nitrogens with one attached hydrogen (secondary N) is 1. The molecule has 2 amide bonds. The van der Waals surface area contributed by atoms with Gasteiger partial charge in [-0.15, -0.1) is 0 Å². The maximum absolute atomic E-state index is 12.3. The molecule has 0 aliphatic carbocycles. The number of hydrogen-bond acceptors (Lipinski definition) is 2. The van der Waals surface area contributed by atoms with Crippen molar-refractivity contribution >= 4 is 27.9 Å². The van der Waals surface area contributed by atoms with Gasteiger partial charge in [-0.2, -0.15) is 0 Å². The van der Waals surface area contributed by atoms with E-state index >= 15 is 0 Å². The normalized spacial score (nSPS) is 12.6. The van der Waals surface area contributed by atoms with E-state index in [0.29, 0.717) is 6.54 Å². The lowest BCUT2D eigenvalue weighted by molar-refractivity contribution is -0.147. The van der Waals surface area contributed by atoms with Crippen molar-refractivity contribution in [2.24, 2.45) is 0 Å². The first kappa shape index (κ1) is 17.5. The average Bonchev–Trinajstić information content (AvgIpc) is 2.38. The Morgan fingerprint density at radius 2 is 2.05 bits per heavy atom. The molecule has 1 rings (SSSR count). The zero-order valence-corrected chi connectivity index (χ0v) is 14.3. The van der Waals surface area contributed by atoms with Crippen molar-refractivity contribution in [3.63, 3.8) is 0 Å². The highest BCUT2D eigenvalue weighted by Gasteiger charge is 2.37. The predicted octanol–water partition coefficient (Wildman–Crippen LogP) is 3.40. The summed E-state index contributed by atoms with van der Waals surface area (Å²) in [6.45, 7) is 6.97. The Labute approximate surface area is 133 Å². The van der Waals surface area contributed by atoms with Gasteiger partial charge in [-0.1, -0.05) is 28.1 Å². The summed E-state index contributed by atoms with van der Waals surface area (Å²) in [7, 11) is 0. The fourth-order valence-electron chi connectivity index (χ4n) is 2.03. The van der Waals surface area contributed by atoms with Crippen LogP contribution in [0.4, 0.5) is 4.79 Å². The third-order valence-corrected chi connectivity index (χ3v) is 3.94. The van der Waals surface area contributed by atoms with Gasteiger partial charge in [0.05, 0.1) is 6.04 Å². The van der Waals surface area contributed by atoms with Gasteiger partial charge in [0.2, 0.25) is 0 Å². The summed E-state index contributed by atoms with van der Waals surface area (Å²) in [6.07, 6.45) is 0. The second-order valence-corrected chi connectivity index (χ2v) is 6.25. The van der Waals surface area contributed by atoms with Gasteiger partial charge in [-0.25, -0.2) is 9.59 Å². The van der Waals surface area contributed by atoms with Crippen molar-refractivity contribution < 1.29 is 14.7 Å². The molecule has 6 heteroatoms. The third-order valence-electron chi connectivity index (χ3n) is 3.45. The van der Waals surface area contributed by atoms with Crippen LogP contribution in [0, 0.1) is 0 Å². The lowest BCUT2D eigenvalue weighted by Gasteiger charge is -2.35. The molecule has 116 valence electrons. The molecule has 0 aliphatic heterocycles. The van der Waals surface area contributed by atoms with Crippen LogP contribution in [0.3, 0.4) is 0 Å². The van der Waals surface area contributed by atoms with Crippen LogP contribution in [0.5, 0.6) is 0 Å². The number of likely N-dealkylation sites (N-methyl/N-ethyl adjacent to an activating group) is 1. The van der Waals surface area contributed by atoms with Crippen molar-refractivity contribution in [3.05, 3.63) is 34.3 Å². The zero-order valence-electron chi connectivity index (χ0n) is 12.7. The van der Waals surface area contributed by atoms with E-state index in [2.05, 4.69) is 21.2 Å². The Kier molecular flexibility index (Phi) is 5.78. The number of benzene rings is 1. The average molecular weight is 357 g/mol. The van der Waals surface area contributed by atoms with Crippen molar-refractivity contribution in [2.75, 3.05) is 6.54 Å². The second kappa shape index (κ2) is 6.93. The fourth-order valence-corrected chi connectivity index (χ4v) is 2.45. The summed E-state index contributed by atoms with van der Waals surface area (Å²) in [5, 5.41) is 12.1. The molecular formula is C15H21BrN2O3. The van der Waals surface area contributed by atoms with E-state index in [1.54, 1.807) is 6.92 Å². The van der Waals surface area contributed by atoms with Crippen LogP contribution < -0.4 is 5.32 Å². The lowest BCUT2D eigenvalue weighted by Crippen LogP contribution is -2.56. The first-order chi connectivity index (χ1) is 9.70. The third kappa shape index (κ3) is 4.20. The van der Waals surface area contributed by atoms with E-state index in [0.717, 1.165) is 10.0 Å². The number of hydrogen-bond donors (Lipinski definition) is 2. The Bertz CT molecular complexity index is 531. The van der Waals surface area contributed by atoms with E-state index in [9.17, 15) is 14.7 Å². The molecule has 1 atom stereocenters. The van der Waals surface area contributed by atoms with Crippen molar-refractivity contribution in [1.29, 1.82) is 0 Å². The van der Waals surface area contributed by atoms with Crippen LogP contribution in [0.25, 0.3) is 0 Å². The molecular weight excluding hydrogens is 336 g/mol. The number of carboxylic acid groups (broad SMARTS) is 1. The molecule has 0 aliphatic rings. The van der Waals surface area contributed by atoms with Gasteiger partial charge in [0.1, 0.15) is 5.54 Å². The summed E-state index contributed by atoms with van der Waals surface area (Å²) in [4.78, 5) is 24.9. The summed E-state index contributed by atoms with van der Waals surface area (Å²) in [5.41, 5.74) is -0.308. The largest absolute Gasteiger partial charge is 0.480 e. The molecule has 0 saturated carbocycles. The topological polar surface area (TPSA) is 69.6 Å². The monoisotopic (exact) mass is 356 g/mol. The second-order valence-electron chi connectivity index (χ2n) is 5.33. The SMILES string of the molecule is CCN(C(=O)NC(C)c1cccc(Br)c1)C(C)(C)C(=O)O. The number of carboxylic acids is 1. The van der Waals surface area contributed by atoms with E-state index in [1.807, 2.05) is 31.2 Å². The predicted molar refractivity (Wildman–Crippen MR) is 85.2 cm³/mol. The van der Waals surface area contributed by atoms with Gasteiger partial charge >= 0.3 is 12.0 Å². The summed E-state index contributed by atoms with van der Waals surface area (Å²) in [6, 6.07) is 7.02. The van der Waals surface area contributed by atoms with Crippen LogP contribution in [0.2, 0.25) is 0 Å². The molecule has 1 aromatic rings. The van der Waals surface area contributed by atoms with E-state index in [-0.39, 0.29) is 6.04 Å². The van der Waals surface area contributed by atoms with Crippen LogP contribution in [0.1, 0.15) is 39.3 Å². The van der Waals surface area contributed by atoms with Crippen molar-refractivity contribution in [2.45, 2.75) is 39.3 Å². The Balaban J connectivity index is 2.86. The molecule has 0 saturated heterocycles. The standard InChI is InChI=1S/C15H21BrN2O3/c1-5-18(15(3,4)13(19)20)14(21)17-10(2)11-7-6-8-12(16)9-11/h6-10H,5H2,1-4H3,(H,17,21)(H,19,20). The molecule has 0 radical (unpaired) electrons. The summed E-state index contributed by atoms with van der Waals surface area (Å²) < 4.78 is 0.930. The number of carbonyl (C=O) groups excluding carboxylic acids is 1. The molecule has 0 aromatic heterocycles. The number of urea groups is 1. The first-order valence-corrected chi connectivity index (χ1v) is 7.56. The number of nitrogens with zero attached hydrogens (tertiary/aromatic N) is 1. The van der Waals surface area contributed by atoms with Crippen LogP contribution in [0.15, 0.2) is 28.7 Å². The molecule has 21 heavy (non-hydrogen) atoms. The molecule has 0 bridgehead atoms. The quantitative estimate of drug-likeness (QED) is 0.849. The van der Waals surface area contributed by atoms with E-state index in [1.165, 1.54) is 18.7 Å². The maximum Gasteiger partial charge on any atom is 0.329 e. The van der Waals surface area contributed by atoms with Gasteiger partial charge in [-0.05, 0) is 45.4 Å². The number of amides is 2. The lowest BCUT2D eigenvalue weighted by atomic mass is 10.0. The Morgan fingerprint density at radius 1 is 1.43 bits per heavy atom. The fraction of sp³-hybridized carbons (Fsp3) is 0.467. The van der Waals surface area contributed by atoms with Gasteiger partial charge in [0, 0.05) is 11.0 Å². The number of rotatable bonds is 5. The molecule has 0 spiro atoms. The zero-order chi connectivity index (χ0) is 16.2. The Morgan fingerprint density at radius 3 is 2.52 bits per heavy atom. The highest BCUT2D eigenvalue weighted by Crippen LogP contribution is 2.20. The minimum Gasteiger partial charge on any atom is -0.480 e. The molecule has 1 unspecified atom stereocenters. The highest BCUT2D eigenvalue weighted by atomic mass is 79.9. The van der Waals surface area contributed by atoms with Crippen molar-refractivity contribution in [3.8, 4) is 0 Å². The van der Waals surface area contributed by atoms with Gasteiger partial charge in [0.15, 0.2) is 0 Å². The summed E-state index contributed by atoms with van der Waals surface area (Å²) >= 11 is 3.39. The molecule has 1 aromatic carbocycles. The van der Waals surface area contributed by atoms with Gasteiger partial charge in [-0.3, -0.25) is 0 Å². The summed E-state index contributed by atoms with van der Waals surface area (Å²) in [5.74, 6) is -1.03. The minimum atomic E-state index is -1.25. The number of aliphatic carboxylic acids is 1. The maximum atomic E-state index is 12.3. The Hall–Kier alpha value is -1.56. The van der Waals surface area contributed by atoms with Crippen LogP contribution >= 0.6 is 15.9 Å². The van der Waals surface area contributed by atoms with E-state index < -0.39 is 17.5 Å². The van der Waals surface area contributed by atoms with E-state index in [4.69, 9.17) is 0 Å². The smallest absolute Gasteiger partial charge is 0.329 e. The first-order valence-electron chi connectivity index (χ1n) is 6.77. The number of halogens is 1. The van der Waals surface area contributed by atoms with Crippen molar-refractivity contribution in [1.82, 2.24) is 10.2 Å². The van der Waals surface area contributed by atoms with Crippen LogP contribution in [-0.4, -0.2) is 34.1 Å². The molecule has 2 N–H and O–H groups in total.